The van der Waals surface area contributed by atoms with E-state index in [2.05, 4.69) is 36.4 Å². The predicted molar refractivity (Wildman–Crippen MR) is 144 cm³/mol. The number of benzene rings is 1. The molecule has 0 bridgehead atoms. The molecule has 0 aliphatic carbocycles. The van der Waals surface area contributed by atoms with Gasteiger partial charge in [0.05, 0.1) is 28.5 Å². The first-order chi connectivity index (χ1) is 18.1. The highest BCUT2D eigenvalue weighted by molar-refractivity contribution is 6.00. The fraction of sp³-hybridized carbons (Fsp3) is 0.148. The van der Waals surface area contributed by atoms with E-state index in [1.165, 1.54) is 6.33 Å². The molecule has 5 heterocycles. The minimum atomic E-state index is 0.350. The van der Waals surface area contributed by atoms with E-state index in [9.17, 15) is 0 Å². The predicted octanol–water partition coefficient (Wildman–Crippen LogP) is 4.36. The Balaban J connectivity index is 1.30. The summed E-state index contributed by atoms with van der Waals surface area (Å²) >= 11 is 0. The molecule has 0 radical (unpaired) electrons. The Kier molecular flexibility index (Phi) is 5.61. The molecule has 6 rings (SSSR count). The summed E-state index contributed by atoms with van der Waals surface area (Å²) in [4.78, 5) is 17.8. The van der Waals surface area contributed by atoms with Crippen LogP contribution in [0.5, 0.6) is 5.75 Å². The molecular formula is C27H25N9O. The first-order valence-electron chi connectivity index (χ1n) is 11.9. The van der Waals surface area contributed by atoms with Crippen molar-refractivity contribution in [2.75, 3.05) is 17.6 Å². The van der Waals surface area contributed by atoms with Gasteiger partial charge in [-0.1, -0.05) is 0 Å². The number of nitrogens with two attached hydrogens (primary N) is 1. The summed E-state index contributed by atoms with van der Waals surface area (Å²) in [6.07, 6.45) is 8.90. The number of pyridine rings is 2. The highest BCUT2D eigenvalue weighted by Gasteiger charge is 2.18. The van der Waals surface area contributed by atoms with Crippen molar-refractivity contribution in [1.29, 1.82) is 0 Å². The molecule has 3 N–H and O–H groups in total. The van der Waals surface area contributed by atoms with Gasteiger partial charge in [-0.25, -0.2) is 15.0 Å². The maximum Gasteiger partial charge on any atom is 0.150 e. The molecule has 5 aromatic heterocycles. The smallest absolute Gasteiger partial charge is 0.150 e. The molecule has 6 aromatic rings. The van der Waals surface area contributed by atoms with Gasteiger partial charge in [-0.2, -0.15) is 5.10 Å². The number of nitrogen functional groups attached to an aromatic ring is 1. The molecule has 0 aliphatic heterocycles. The van der Waals surface area contributed by atoms with Crippen molar-refractivity contribution in [2.45, 2.75) is 13.5 Å². The van der Waals surface area contributed by atoms with E-state index in [-0.39, 0.29) is 0 Å². The lowest BCUT2D eigenvalue weighted by Gasteiger charge is -2.10. The summed E-state index contributed by atoms with van der Waals surface area (Å²) < 4.78 is 9.81. The molecule has 37 heavy (non-hydrogen) atoms. The van der Waals surface area contributed by atoms with Crippen molar-refractivity contribution >= 4 is 33.6 Å². The van der Waals surface area contributed by atoms with Gasteiger partial charge in [0.15, 0.2) is 5.65 Å². The number of hydrogen-bond donors (Lipinski definition) is 2. The zero-order valence-corrected chi connectivity index (χ0v) is 20.5. The first-order valence-corrected chi connectivity index (χ1v) is 11.9. The highest BCUT2D eigenvalue weighted by Crippen LogP contribution is 2.33. The van der Waals surface area contributed by atoms with E-state index in [0.29, 0.717) is 18.1 Å². The molecule has 0 atom stereocenters. The fourth-order valence-electron chi connectivity index (χ4n) is 4.35. The van der Waals surface area contributed by atoms with Crippen molar-refractivity contribution in [3.8, 4) is 22.7 Å². The average molecular weight is 492 g/mol. The molecule has 10 heteroatoms. The lowest BCUT2D eigenvalue weighted by molar-refractivity contribution is 0.306. The minimum absolute atomic E-state index is 0.350. The van der Waals surface area contributed by atoms with Crippen molar-refractivity contribution in [3.05, 3.63) is 79.1 Å². The third kappa shape index (κ3) is 4.29. The SMILES string of the molecule is CCNc1ccc2ccc(OCc3cncc(-n4cc(-c5ccn(C)n5)c5c(N)ncnc54)c3)cc2n1. The number of hydrogen-bond acceptors (Lipinski definition) is 8. The quantitative estimate of drug-likeness (QED) is 0.338. The van der Waals surface area contributed by atoms with Crippen LogP contribution in [-0.2, 0) is 13.7 Å². The number of fused-ring (bicyclic) bond motifs is 2. The van der Waals surface area contributed by atoms with Gasteiger partial charge >= 0.3 is 0 Å². The zero-order valence-electron chi connectivity index (χ0n) is 20.5. The second-order valence-electron chi connectivity index (χ2n) is 8.67. The Hall–Kier alpha value is -4.99. The van der Waals surface area contributed by atoms with Crippen molar-refractivity contribution in [3.63, 3.8) is 0 Å². The maximum absolute atomic E-state index is 6.26. The molecular weight excluding hydrogens is 466 g/mol. The second-order valence-corrected chi connectivity index (χ2v) is 8.67. The Bertz CT molecular complexity index is 1740. The molecule has 0 spiro atoms. The highest BCUT2D eigenvalue weighted by atomic mass is 16.5. The fourth-order valence-corrected chi connectivity index (χ4v) is 4.35. The van der Waals surface area contributed by atoms with E-state index >= 15 is 0 Å². The van der Waals surface area contributed by atoms with Gasteiger partial charge in [-0.15, -0.1) is 0 Å². The number of aryl methyl sites for hydroxylation is 1. The molecule has 0 aliphatic rings. The Labute approximate surface area is 212 Å². The van der Waals surface area contributed by atoms with Gasteiger partial charge in [0.25, 0.3) is 0 Å². The van der Waals surface area contributed by atoms with Crippen LogP contribution in [-0.4, -0.2) is 40.8 Å². The second kappa shape index (κ2) is 9.23. The van der Waals surface area contributed by atoms with Gasteiger partial charge in [0.2, 0.25) is 0 Å². The van der Waals surface area contributed by atoms with Crippen molar-refractivity contribution in [1.82, 2.24) is 34.3 Å². The number of aromatic nitrogens is 7. The number of ether oxygens (including phenoxy) is 1. The summed E-state index contributed by atoms with van der Waals surface area (Å²) in [6.45, 7) is 3.21. The Morgan fingerprint density at radius 3 is 2.78 bits per heavy atom. The van der Waals surface area contributed by atoms with Gasteiger partial charge in [-0.3, -0.25) is 14.2 Å². The molecule has 0 saturated heterocycles. The molecule has 1 aromatic carbocycles. The molecule has 184 valence electrons. The molecule has 0 amide bonds. The van der Waals surface area contributed by atoms with Crippen LogP contribution in [0.25, 0.3) is 38.9 Å². The van der Waals surface area contributed by atoms with Gasteiger partial charge < -0.3 is 15.8 Å². The van der Waals surface area contributed by atoms with Crippen LogP contribution in [0, 0.1) is 0 Å². The molecule has 0 unspecified atom stereocenters. The Morgan fingerprint density at radius 1 is 1.05 bits per heavy atom. The van der Waals surface area contributed by atoms with Crippen LogP contribution in [0.2, 0.25) is 0 Å². The normalized spacial score (nSPS) is 11.3. The standard InChI is InChI=1S/C27H25N9O/c1-3-30-24-7-5-18-4-6-20(11-23(18)33-24)37-15-17-10-19(13-29-12-17)36-14-21(22-8-9-35(2)34-22)25-26(28)31-16-32-27(25)36/h4-14,16H,3,15H2,1-2H3,(H,30,33)(H2,28,31,32). The number of nitrogens with one attached hydrogen (secondary N) is 1. The number of rotatable bonds is 7. The summed E-state index contributed by atoms with van der Waals surface area (Å²) in [7, 11) is 1.88. The van der Waals surface area contributed by atoms with E-state index < -0.39 is 0 Å². The van der Waals surface area contributed by atoms with Crippen LogP contribution < -0.4 is 15.8 Å². The number of anilines is 2. The Morgan fingerprint density at radius 2 is 1.95 bits per heavy atom. The number of nitrogens with zero attached hydrogens (tertiary/aromatic N) is 7. The lowest BCUT2D eigenvalue weighted by atomic mass is 10.2. The lowest BCUT2D eigenvalue weighted by Crippen LogP contribution is -2.01. The van der Waals surface area contributed by atoms with E-state index in [4.69, 9.17) is 10.5 Å². The summed E-state index contributed by atoms with van der Waals surface area (Å²) in [5, 5.41) is 9.60. The van der Waals surface area contributed by atoms with Gasteiger partial charge in [0.1, 0.15) is 30.3 Å². The van der Waals surface area contributed by atoms with Crippen molar-refractivity contribution < 1.29 is 4.74 Å². The van der Waals surface area contributed by atoms with Gasteiger partial charge in [-0.05, 0) is 43.3 Å². The summed E-state index contributed by atoms with van der Waals surface area (Å²) in [5.41, 5.74) is 11.2. The van der Waals surface area contributed by atoms with E-state index in [1.807, 2.05) is 67.3 Å². The molecule has 10 nitrogen and oxygen atoms in total. The van der Waals surface area contributed by atoms with Crippen LogP contribution in [0.3, 0.4) is 0 Å². The topological polar surface area (TPSA) is 122 Å². The maximum atomic E-state index is 6.26. The largest absolute Gasteiger partial charge is 0.489 e. The monoisotopic (exact) mass is 491 g/mol. The summed E-state index contributed by atoms with van der Waals surface area (Å²) in [5.74, 6) is 1.99. The molecule has 0 fully saturated rings. The third-order valence-corrected chi connectivity index (χ3v) is 6.09. The minimum Gasteiger partial charge on any atom is -0.489 e. The average Bonchev–Trinajstić information content (AvgIpc) is 3.52. The first kappa shape index (κ1) is 22.5. The summed E-state index contributed by atoms with van der Waals surface area (Å²) in [6, 6.07) is 13.9. The third-order valence-electron chi connectivity index (χ3n) is 6.09. The van der Waals surface area contributed by atoms with Crippen LogP contribution in [0.15, 0.2) is 73.6 Å². The van der Waals surface area contributed by atoms with Crippen LogP contribution in [0.4, 0.5) is 11.6 Å². The van der Waals surface area contributed by atoms with Crippen LogP contribution in [0.1, 0.15) is 12.5 Å². The molecule has 0 saturated carbocycles. The van der Waals surface area contributed by atoms with Crippen molar-refractivity contribution in [2.24, 2.45) is 7.05 Å². The van der Waals surface area contributed by atoms with E-state index in [0.717, 1.165) is 56.9 Å². The van der Waals surface area contributed by atoms with Gasteiger partial charge in [0, 0.05) is 54.8 Å². The zero-order chi connectivity index (χ0) is 25.4. The van der Waals surface area contributed by atoms with E-state index in [1.54, 1.807) is 17.1 Å². The van der Waals surface area contributed by atoms with Crippen LogP contribution >= 0.6 is 0 Å².